The number of β-amino-alcohol motifs (C(OH)–C–C–N with tert-alkyl or cyclic N) is 1. The molecule has 2 heterocycles. The van der Waals surface area contributed by atoms with E-state index in [9.17, 15) is 28.2 Å². The number of likely N-dealkylation sites (tertiary alicyclic amines) is 1. The molecular formula is C23H30F4N6O3. The number of carbonyl (C=O) groups excluding carboxylic acids is 1. The molecule has 0 bridgehead atoms. The van der Waals surface area contributed by atoms with Gasteiger partial charge in [-0.1, -0.05) is 12.1 Å². The van der Waals surface area contributed by atoms with Crippen molar-refractivity contribution in [2.45, 2.75) is 38.2 Å². The zero-order valence-electron chi connectivity index (χ0n) is 19.7. The van der Waals surface area contributed by atoms with E-state index in [1.54, 1.807) is 16.7 Å². The van der Waals surface area contributed by atoms with E-state index < -0.39 is 42.2 Å². The molecule has 3 rings (SSSR count). The van der Waals surface area contributed by atoms with Crippen LogP contribution in [0.4, 0.5) is 29.2 Å². The second-order valence-electron chi connectivity index (χ2n) is 8.66. The Morgan fingerprint density at radius 2 is 2.00 bits per heavy atom. The number of piperidine rings is 1. The van der Waals surface area contributed by atoms with Gasteiger partial charge in [-0.05, 0) is 37.6 Å². The highest BCUT2D eigenvalue weighted by atomic mass is 19.4. The number of anilines is 2. The second kappa shape index (κ2) is 11.8. The van der Waals surface area contributed by atoms with Gasteiger partial charge in [0.05, 0.1) is 18.3 Å². The summed E-state index contributed by atoms with van der Waals surface area (Å²) < 4.78 is 53.7. The van der Waals surface area contributed by atoms with Gasteiger partial charge in [0.2, 0.25) is 11.7 Å². The average Bonchev–Trinajstić information content (AvgIpc) is 2.83. The molecule has 1 aliphatic heterocycles. The van der Waals surface area contributed by atoms with Crippen LogP contribution in [-0.4, -0.2) is 75.9 Å². The minimum absolute atomic E-state index is 0.00230. The number of aromatic nitrogens is 2. The molecule has 1 saturated heterocycles. The fourth-order valence-electron chi connectivity index (χ4n) is 4.20. The Hall–Kier alpha value is -3.03. The summed E-state index contributed by atoms with van der Waals surface area (Å²) >= 11 is 0. The summed E-state index contributed by atoms with van der Waals surface area (Å²) in [5.74, 6) is -1.72. The minimum atomic E-state index is -4.44. The van der Waals surface area contributed by atoms with E-state index >= 15 is 4.39 Å². The Labute approximate surface area is 205 Å². The molecule has 36 heavy (non-hydrogen) atoms. The third-order valence-electron chi connectivity index (χ3n) is 6.33. The van der Waals surface area contributed by atoms with Crippen molar-refractivity contribution in [1.29, 1.82) is 0 Å². The van der Waals surface area contributed by atoms with E-state index in [1.807, 2.05) is 0 Å². The fourth-order valence-corrected chi connectivity index (χ4v) is 4.20. The van der Waals surface area contributed by atoms with Crippen LogP contribution >= 0.6 is 0 Å². The Kier molecular flexibility index (Phi) is 9.03. The van der Waals surface area contributed by atoms with E-state index in [4.69, 9.17) is 5.73 Å². The predicted molar refractivity (Wildman–Crippen MR) is 124 cm³/mol. The van der Waals surface area contributed by atoms with Crippen molar-refractivity contribution in [2.75, 3.05) is 43.0 Å². The fraction of sp³-hybridized carbons (Fsp3) is 0.522. The van der Waals surface area contributed by atoms with Gasteiger partial charge in [-0.25, -0.2) is 9.97 Å². The van der Waals surface area contributed by atoms with Gasteiger partial charge in [-0.2, -0.15) is 17.6 Å². The van der Waals surface area contributed by atoms with Crippen molar-refractivity contribution in [3.8, 4) is 0 Å². The molecule has 2 aromatic rings. The van der Waals surface area contributed by atoms with Gasteiger partial charge in [0, 0.05) is 32.1 Å². The molecule has 0 saturated carbocycles. The number of primary amides is 1. The lowest BCUT2D eigenvalue weighted by molar-refractivity contribution is -0.137. The first-order chi connectivity index (χ1) is 17.0. The van der Waals surface area contributed by atoms with E-state index in [1.165, 1.54) is 18.5 Å². The highest BCUT2D eigenvalue weighted by Crippen LogP contribution is 2.30. The number of carbonyl (C=O) groups is 1. The maximum absolute atomic E-state index is 15.3. The lowest BCUT2D eigenvalue weighted by Crippen LogP contribution is -2.55. The first-order valence-electron chi connectivity index (χ1n) is 11.5. The molecule has 13 heteroatoms. The van der Waals surface area contributed by atoms with Gasteiger partial charge in [-0.3, -0.25) is 9.69 Å². The van der Waals surface area contributed by atoms with Crippen LogP contribution in [0.15, 0.2) is 30.6 Å². The third-order valence-corrected chi connectivity index (χ3v) is 6.33. The Bertz CT molecular complexity index is 1020. The molecule has 1 amide bonds. The summed E-state index contributed by atoms with van der Waals surface area (Å²) in [5.41, 5.74) is 5.09. The Morgan fingerprint density at radius 3 is 2.56 bits per heavy atom. The van der Waals surface area contributed by atoms with Gasteiger partial charge < -0.3 is 26.2 Å². The zero-order chi connectivity index (χ0) is 26.5. The van der Waals surface area contributed by atoms with Crippen LogP contribution in [0.2, 0.25) is 0 Å². The molecular weight excluding hydrogens is 484 g/mol. The number of benzene rings is 1. The van der Waals surface area contributed by atoms with Crippen molar-refractivity contribution in [2.24, 2.45) is 11.7 Å². The Balaban J connectivity index is 1.64. The largest absolute Gasteiger partial charge is 0.416 e. The van der Waals surface area contributed by atoms with Crippen LogP contribution in [-0.2, 0) is 17.5 Å². The number of aliphatic hydroxyl groups excluding tert-OH is 2. The smallest absolute Gasteiger partial charge is 0.394 e. The van der Waals surface area contributed by atoms with Crippen molar-refractivity contribution >= 4 is 17.5 Å². The summed E-state index contributed by atoms with van der Waals surface area (Å²) in [5, 5.41) is 22.8. The van der Waals surface area contributed by atoms with Gasteiger partial charge in [0.15, 0.2) is 11.6 Å². The number of alkyl halides is 3. The highest BCUT2D eigenvalue weighted by molar-refractivity contribution is 5.80. The van der Waals surface area contributed by atoms with Crippen LogP contribution in [0.5, 0.6) is 0 Å². The van der Waals surface area contributed by atoms with Crippen LogP contribution < -0.4 is 16.0 Å². The summed E-state index contributed by atoms with van der Waals surface area (Å²) in [7, 11) is 0. The predicted octanol–water partition coefficient (Wildman–Crippen LogP) is 1.60. The van der Waals surface area contributed by atoms with Crippen LogP contribution in [0, 0.1) is 11.7 Å². The molecule has 3 atom stereocenters. The number of amides is 1. The van der Waals surface area contributed by atoms with Crippen molar-refractivity contribution in [3.05, 3.63) is 47.5 Å². The highest BCUT2D eigenvalue weighted by Gasteiger charge is 2.33. The summed E-state index contributed by atoms with van der Waals surface area (Å²) in [6.45, 7) is 2.58. The number of nitrogens with zero attached hydrogens (tertiary/aromatic N) is 4. The monoisotopic (exact) mass is 514 g/mol. The topological polar surface area (TPSA) is 128 Å². The standard InChI is InChI=1S/C23H30F4N6O3/c1-2-32(10-14-3-5-16(6-4-14)23(25,26)27)22-19(24)21(30-13-31-22)29-9-15-7-8-33(11-18(15)35)17(12-34)20(28)36/h3-6,13,15,17-18,34-35H,2,7-12H2,1H3,(H2,28,36)(H,29,30,31)/t15-,17?,18+/m0/s1. The molecule has 1 aromatic carbocycles. The SMILES string of the molecule is CCN(Cc1ccc(C(F)(F)F)cc1)c1ncnc(NC[C@@H]2CCN(C(CO)C(N)=O)C[C@H]2O)c1F. The maximum Gasteiger partial charge on any atom is 0.416 e. The Morgan fingerprint density at radius 1 is 1.31 bits per heavy atom. The molecule has 0 radical (unpaired) electrons. The summed E-state index contributed by atoms with van der Waals surface area (Å²) in [6.07, 6.45) is -3.61. The minimum Gasteiger partial charge on any atom is -0.394 e. The normalized spacial score (nSPS) is 19.6. The third kappa shape index (κ3) is 6.59. The molecule has 9 nitrogen and oxygen atoms in total. The van der Waals surface area contributed by atoms with E-state index in [-0.39, 0.29) is 37.2 Å². The maximum atomic E-state index is 15.3. The average molecular weight is 515 g/mol. The number of hydrogen-bond acceptors (Lipinski definition) is 8. The van der Waals surface area contributed by atoms with Gasteiger partial charge in [0.25, 0.3) is 0 Å². The molecule has 1 aromatic heterocycles. The lowest BCUT2D eigenvalue weighted by atomic mass is 9.92. The molecule has 5 N–H and O–H groups in total. The number of nitrogens with two attached hydrogens (primary N) is 1. The number of aliphatic hydroxyl groups is 2. The first kappa shape index (κ1) is 27.6. The van der Waals surface area contributed by atoms with Crippen LogP contribution in [0.1, 0.15) is 24.5 Å². The molecule has 1 aliphatic rings. The van der Waals surface area contributed by atoms with Gasteiger partial charge >= 0.3 is 6.18 Å². The van der Waals surface area contributed by atoms with Crippen molar-refractivity contribution in [1.82, 2.24) is 14.9 Å². The summed E-state index contributed by atoms with van der Waals surface area (Å²) in [6, 6.07) is 3.78. The molecule has 1 unspecified atom stereocenters. The number of rotatable bonds is 10. The number of nitrogens with one attached hydrogen (secondary N) is 1. The zero-order valence-corrected chi connectivity index (χ0v) is 19.7. The first-order valence-corrected chi connectivity index (χ1v) is 11.5. The number of halogens is 4. The van der Waals surface area contributed by atoms with E-state index in [2.05, 4.69) is 15.3 Å². The molecule has 0 aliphatic carbocycles. The van der Waals surface area contributed by atoms with Crippen molar-refractivity contribution < 1.29 is 32.6 Å². The van der Waals surface area contributed by atoms with Crippen LogP contribution in [0.3, 0.4) is 0 Å². The quantitative estimate of drug-likeness (QED) is 0.352. The molecule has 0 spiro atoms. The van der Waals surface area contributed by atoms with Gasteiger partial charge in [-0.15, -0.1) is 0 Å². The van der Waals surface area contributed by atoms with Crippen LogP contribution in [0.25, 0.3) is 0 Å². The van der Waals surface area contributed by atoms with Gasteiger partial charge in [0.1, 0.15) is 12.4 Å². The summed E-state index contributed by atoms with van der Waals surface area (Å²) in [4.78, 5) is 22.6. The molecule has 1 fully saturated rings. The van der Waals surface area contributed by atoms with Crippen molar-refractivity contribution in [3.63, 3.8) is 0 Å². The molecule has 198 valence electrons. The van der Waals surface area contributed by atoms with E-state index in [0.29, 0.717) is 25.1 Å². The number of hydrogen-bond donors (Lipinski definition) is 4. The second-order valence-corrected chi connectivity index (χ2v) is 8.66. The lowest BCUT2D eigenvalue weighted by Gasteiger charge is -2.38. The van der Waals surface area contributed by atoms with E-state index in [0.717, 1.165) is 12.1 Å².